The number of halogens is 1. The Labute approximate surface area is 176 Å². The van der Waals surface area contributed by atoms with Gasteiger partial charge in [0, 0.05) is 38.4 Å². The van der Waals surface area contributed by atoms with E-state index in [0.29, 0.717) is 51.6 Å². The van der Waals surface area contributed by atoms with E-state index in [4.69, 9.17) is 9.47 Å². The Balaban J connectivity index is 1.56. The Kier molecular flexibility index (Phi) is 6.86. The lowest BCUT2D eigenvalue weighted by Gasteiger charge is -2.31. The van der Waals surface area contributed by atoms with Gasteiger partial charge in [0.1, 0.15) is 11.6 Å². The lowest BCUT2D eigenvalue weighted by Crippen LogP contribution is -2.38. The van der Waals surface area contributed by atoms with Crippen LogP contribution in [0, 0.1) is 5.82 Å². The number of hydrogen-bond acceptors (Lipinski definition) is 6. The monoisotopic (exact) mass is 419 g/mol. The summed E-state index contributed by atoms with van der Waals surface area (Å²) in [6.07, 6.45) is 2.80. The molecule has 164 valence electrons. The molecule has 1 aromatic carbocycles. The number of amides is 1. The van der Waals surface area contributed by atoms with Crippen LogP contribution in [0.2, 0.25) is 0 Å². The quantitative estimate of drug-likeness (QED) is 0.689. The number of morpholine rings is 2. The van der Waals surface area contributed by atoms with E-state index in [1.807, 2.05) is 6.07 Å². The van der Waals surface area contributed by atoms with E-state index in [1.165, 1.54) is 6.07 Å². The maximum atomic E-state index is 15.2. The van der Waals surface area contributed by atoms with Crippen LogP contribution in [0.1, 0.15) is 35.2 Å². The van der Waals surface area contributed by atoms with Crippen molar-refractivity contribution in [3.05, 3.63) is 40.4 Å². The van der Waals surface area contributed by atoms with Crippen molar-refractivity contribution >= 4 is 11.6 Å². The highest BCUT2D eigenvalue weighted by atomic mass is 19.1. The zero-order valence-electron chi connectivity index (χ0n) is 17.3. The molecule has 3 aliphatic rings. The Morgan fingerprint density at radius 2 is 1.73 bits per heavy atom. The molecule has 2 N–H and O–H groups in total. The number of allylic oxidation sites excluding steroid dienone is 1. The number of ether oxygens (including phenoxy) is 2. The topological polar surface area (TPSA) is 74.3 Å². The second kappa shape index (κ2) is 9.76. The van der Waals surface area contributed by atoms with Crippen molar-refractivity contribution in [1.82, 2.24) is 10.2 Å². The van der Waals surface area contributed by atoms with Crippen molar-refractivity contribution < 1.29 is 23.8 Å². The summed E-state index contributed by atoms with van der Waals surface area (Å²) in [5.41, 5.74) is 2.47. The SMILES string of the molecule is O=C(NCC(O)=C1CCC1)c1c(F)cc(N2CCOCC2)cc1CN1CCOCC1. The van der Waals surface area contributed by atoms with Crippen molar-refractivity contribution in [2.75, 3.05) is 64.1 Å². The fourth-order valence-electron chi connectivity index (χ4n) is 4.05. The fourth-order valence-corrected chi connectivity index (χ4v) is 4.05. The summed E-state index contributed by atoms with van der Waals surface area (Å²) in [5.74, 6) is -0.819. The first kappa shape index (κ1) is 21.1. The molecule has 0 radical (unpaired) electrons. The van der Waals surface area contributed by atoms with Gasteiger partial charge in [-0.25, -0.2) is 4.39 Å². The van der Waals surface area contributed by atoms with Gasteiger partial charge in [-0.05, 0) is 42.5 Å². The minimum atomic E-state index is -0.532. The molecule has 1 amide bonds. The van der Waals surface area contributed by atoms with Crippen LogP contribution in [0.15, 0.2) is 23.5 Å². The summed E-state index contributed by atoms with van der Waals surface area (Å²) < 4.78 is 26.0. The van der Waals surface area contributed by atoms with Crippen molar-refractivity contribution in [2.24, 2.45) is 0 Å². The van der Waals surface area contributed by atoms with Crippen LogP contribution in [0.3, 0.4) is 0 Å². The van der Waals surface area contributed by atoms with Crippen LogP contribution in [0.25, 0.3) is 0 Å². The molecule has 2 heterocycles. The first-order valence-electron chi connectivity index (χ1n) is 10.7. The summed E-state index contributed by atoms with van der Waals surface area (Å²) in [4.78, 5) is 17.1. The second-order valence-corrected chi connectivity index (χ2v) is 8.04. The van der Waals surface area contributed by atoms with Gasteiger partial charge in [-0.2, -0.15) is 0 Å². The molecule has 4 rings (SSSR count). The predicted molar refractivity (Wildman–Crippen MR) is 111 cm³/mol. The average molecular weight is 419 g/mol. The summed E-state index contributed by atoms with van der Waals surface area (Å²) in [5, 5.41) is 12.8. The summed E-state index contributed by atoms with van der Waals surface area (Å²) in [7, 11) is 0. The number of rotatable bonds is 6. The molecule has 30 heavy (non-hydrogen) atoms. The molecule has 7 nitrogen and oxygen atoms in total. The van der Waals surface area contributed by atoms with Gasteiger partial charge in [-0.1, -0.05) is 0 Å². The molecule has 2 saturated heterocycles. The molecule has 0 aromatic heterocycles. The molecule has 8 heteroatoms. The van der Waals surface area contributed by atoms with Crippen molar-refractivity contribution in [3.8, 4) is 0 Å². The largest absolute Gasteiger partial charge is 0.510 e. The van der Waals surface area contributed by atoms with E-state index in [1.54, 1.807) is 0 Å². The van der Waals surface area contributed by atoms with Crippen LogP contribution < -0.4 is 10.2 Å². The van der Waals surface area contributed by atoms with Crippen molar-refractivity contribution in [2.45, 2.75) is 25.8 Å². The molecule has 3 fully saturated rings. The number of aliphatic hydroxyl groups excluding tert-OH is 1. The number of hydrogen-bond donors (Lipinski definition) is 2. The third-order valence-electron chi connectivity index (χ3n) is 6.04. The van der Waals surface area contributed by atoms with Gasteiger partial charge in [-0.15, -0.1) is 0 Å². The van der Waals surface area contributed by atoms with Gasteiger partial charge in [0.2, 0.25) is 0 Å². The van der Waals surface area contributed by atoms with E-state index < -0.39 is 11.7 Å². The molecular formula is C22H30FN3O4. The third-order valence-corrected chi connectivity index (χ3v) is 6.04. The standard InChI is InChI=1S/C22H30FN3O4/c23-19-13-18(26-6-10-30-11-7-26)12-17(15-25-4-8-29-9-5-25)21(19)22(28)24-14-20(27)16-2-1-3-16/h12-13,27H,1-11,14-15H2,(H,24,28). The van der Waals surface area contributed by atoms with Gasteiger partial charge >= 0.3 is 0 Å². The molecule has 0 spiro atoms. The zero-order valence-corrected chi connectivity index (χ0v) is 17.3. The first-order chi connectivity index (χ1) is 14.6. The number of aliphatic hydroxyl groups is 1. The van der Waals surface area contributed by atoms with E-state index >= 15 is 4.39 Å². The average Bonchev–Trinajstić information content (AvgIpc) is 2.72. The summed E-state index contributed by atoms with van der Waals surface area (Å²) in [6.45, 7) is 5.89. The van der Waals surface area contributed by atoms with Crippen LogP contribution in [-0.2, 0) is 16.0 Å². The minimum Gasteiger partial charge on any atom is -0.510 e. The van der Waals surface area contributed by atoms with Crippen LogP contribution in [0.4, 0.5) is 10.1 Å². The Bertz CT molecular complexity index is 796. The van der Waals surface area contributed by atoms with Gasteiger partial charge in [-0.3, -0.25) is 9.69 Å². The molecular weight excluding hydrogens is 389 g/mol. The highest BCUT2D eigenvalue weighted by Crippen LogP contribution is 2.28. The molecule has 0 unspecified atom stereocenters. The second-order valence-electron chi connectivity index (χ2n) is 8.04. The maximum Gasteiger partial charge on any atom is 0.254 e. The number of carbonyl (C=O) groups is 1. The Hall–Kier alpha value is -2.16. The highest BCUT2D eigenvalue weighted by molar-refractivity contribution is 5.96. The van der Waals surface area contributed by atoms with Crippen LogP contribution in [0.5, 0.6) is 0 Å². The number of nitrogens with zero attached hydrogens (tertiary/aromatic N) is 2. The van der Waals surface area contributed by atoms with E-state index in [2.05, 4.69) is 15.1 Å². The number of benzene rings is 1. The number of anilines is 1. The first-order valence-corrected chi connectivity index (χ1v) is 10.7. The minimum absolute atomic E-state index is 0.0375. The third kappa shape index (κ3) is 4.94. The van der Waals surface area contributed by atoms with Gasteiger partial charge in [0.15, 0.2) is 0 Å². The normalized spacial score (nSPS) is 20.0. The molecule has 1 aliphatic carbocycles. The highest BCUT2D eigenvalue weighted by Gasteiger charge is 2.24. The molecule has 2 aliphatic heterocycles. The van der Waals surface area contributed by atoms with Gasteiger partial charge in [0.05, 0.1) is 38.5 Å². The Morgan fingerprint density at radius 1 is 1.07 bits per heavy atom. The van der Waals surface area contributed by atoms with E-state index in [9.17, 15) is 9.90 Å². The lowest BCUT2D eigenvalue weighted by atomic mass is 9.91. The lowest BCUT2D eigenvalue weighted by molar-refractivity contribution is 0.0340. The molecule has 1 aromatic rings. The van der Waals surface area contributed by atoms with E-state index in [0.717, 1.165) is 43.6 Å². The van der Waals surface area contributed by atoms with E-state index in [-0.39, 0.29) is 17.9 Å². The van der Waals surface area contributed by atoms with Crippen LogP contribution >= 0.6 is 0 Å². The molecule has 0 bridgehead atoms. The number of nitrogens with one attached hydrogen (secondary N) is 1. The zero-order chi connectivity index (χ0) is 20.9. The Morgan fingerprint density at radius 3 is 2.37 bits per heavy atom. The predicted octanol–water partition coefficient (Wildman–Crippen LogP) is 2.22. The van der Waals surface area contributed by atoms with Gasteiger partial charge < -0.3 is 24.8 Å². The van der Waals surface area contributed by atoms with Gasteiger partial charge in [0.25, 0.3) is 5.91 Å². The smallest absolute Gasteiger partial charge is 0.254 e. The van der Waals surface area contributed by atoms with Crippen LogP contribution in [-0.4, -0.2) is 75.1 Å². The number of carbonyl (C=O) groups excluding carboxylic acids is 1. The summed E-state index contributed by atoms with van der Waals surface area (Å²) >= 11 is 0. The van der Waals surface area contributed by atoms with Crippen molar-refractivity contribution in [1.29, 1.82) is 0 Å². The molecule has 1 saturated carbocycles. The van der Waals surface area contributed by atoms with Crippen molar-refractivity contribution in [3.63, 3.8) is 0 Å². The maximum absolute atomic E-state index is 15.2. The molecule has 0 atom stereocenters. The summed E-state index contributed by atoms with van der Waals surface area (Å²) in [6, 6.07) is 3.36. The fraction of sp³-hybridized carbons (Fsp3) is 0.591.